The van der Waals surface area contributed by atoms with Gasteiger partial charge in [0, 0.05) is 31.5 Å². The molecule has 0 aliphatic heterocycles. The zero-order chi connectivity index (χ0) is 15.5. The Bertz CT molecular complexity index is 559. The molecule has 6 heteroatoms. The van der Waals surface area contributed by atoms with Crippen molar-refractivity contribution in [1.82, 2.24) is 9.29 Å². The van der Waals surface area contributed by atoms with E-state index in [0.29, 0.717) is 17.4 Å². The molecule has 1 aromatic rings. The maximum absolute atomic E-state index is 12.6. The lowest BCUT2D eigenvalue weighted by Gasteiger charge is -2.29. The van der Waals surface area contributed by atoms with E-state index >= 15 is 0 Å². The first-order chi connectivity index (χ1) is 9.97. The summed E-state index contributed by atoms with van der Waals surface area (Å²) in [5.74, 6) is 0.469. The Morgan fingerprint density at radius 1 is 1.38 bits per heavy atom. The van der Waals surface area contributed by atoms with E-state index in [-0.39, 0.29) is 6.04 Å². The Morgan fingerprint density at radius 2 is 2.05 bits per heavy atom. The molecule has 3 N–H and O–H groups in total. The maximum atomic E-state index is 12.6. The standard InChI is InChI=1S/C15H27N3O2S/c1-3-15(12-7-5-4-6-8-12)17-21(19,20)14-9-13(10-16)18(2)11-14/h9,11-12,15,17H,3-8,10,16H2,1-2H3. The zero-order valence-corrected chi connectivity index (χ0v) is 13.8. The molecule has 0 saturated heterocycles. The number of aryl methyl sites for hydroxylation is 1. The van der Waals surface area contributed by atoms with Crippen LogP contribution >= 0.6 is 0 Å². The largest absolute Gasteiger partial charge is 0.352 e. The summed E-state index contributed by atoms with van der Waals surface area (Å²) in [5, 5.41) is 0. The molecular weight excluding hydrogens is 286 g/mol. The first-order valence-electron chi connectivity index (χ1n) is 7.85. The van der Waals surface area contributed by atoms with E-state index in [2.05, 4.69) is 11.6 Å². The van der Waals surface area contributed by atoms with Gasteiger partial charge in [-0.25, -0.2) is 13.1 Å². The van der Waals surface area contributed by atoms with Gasteiger partial charge in [-0.2, -0.15) is 0 Å². The number of nitrogens with one attached hydrogen (secondary N) is 1. The maximum Gasteiger partial charge on any atom is 0.242 e. The van der Waals surface area contributed by atoms with Crippen molar-refractivity contribution in [3.63, 3.8) is 0 Å². The average Bonchev–Trinajstić information content (AvgIpc) is 2.87. The number of nitrogens with zero attached hydrogens (tertiary/aromatic N) is 1. The topological polar surface area (TPSA) is 77.1 Å². The Balaban J connectivity index is 2.14. The van der Waals surface area contributed by atoms with Gasteiger partial charge < -0.3 is 10.3 Å². The number of aromatic nitrogens is 1. The van der Waals surface area contributed by atoms with E-state index in [4.69, 9.17) is 5.73 Å². The molecule has 0 spiro atoms. The molecule has 1 aliphatic rings. The van der Waals surface area contributed by atoms with E-state index in [0.717, 1.165) is 25.0 Å². The molecule has 1 heterocycles. The summed E-state index contributed by atoms with van der Waals surface area (Å²) < 4.78 is 29.8. The first kappa shape index (κ1) is 16.5. The summed E-state index contributed by atoms with van der Waals surface area (Å²) in [4.78, 5) is 0.319. The van der Waals surface area contributed by atoms with E-state index in [1.165, 1.54) is 19.3 Å². The van der Waals surface area contributed by atoms with Crippen molar-refractivity contribution in [2.45, 2.75) is 62.9 Å². The van der Waals surface area contributed by atoms with Crippen molar-refractivity contribution in [2.75, 3.05) is 0 Å². The number of nitrogens with two attached hydrogens (primary N) is 1. The minimum absolute atomic E-state index is 0.0387. The van der Waals surface area contributed by atoms with Crippen LogP contribution in [0.4, 0.5) is 0 Å². The van der Waals surface area contributed by atoms with Crippen molar-refractivity contribution in [2.24, 2.45) is 18.7 Å². The SMILES string of the molecule is CCC(NS(=O)(=O)c1cc(CN)n(C)c1)C1CCCCC1. The minimum Gasteiger partial charge on any atom is -0.352 e. The third kappa shape index (κ3) is 3.87. The van der Waals surface area contributed by atoms with Gasteiger partial charge >= 0.3 is 0 Å². The lowest BCUT2D eigenvalue weighted by atomic mass is 9.83. The second kappa shape index (κ2) is 6.94. The molecular formula is C15H27N3O2S. The molecule has 0 aromatic carbocycles. The van der Waals surface area contributed by atoms with Crippen LogP contribution in [-0.2, 0) is 23.6 Å². The number of hydrogen-bond acceptors (Lipinski definition) is 3. The predicted molar refractivity (Wildman–Crippen MR) is 84.3 cm³/mol. The lowest BCUT2D eigenvalue weighted by molar-refractivity contribution is 0.285. The van der Waals surface area contributed by atoms with Gasteiger partial charge in [-0.05, 0) is 31.2 Å². The van der Waals surface area contributed by atoms with Crippen LogP contribution < -0.4 is 10.5 Å². The zero-order valence-electron chi connectivity index (χ0n) is 13.0. The normalized spacial score (nSPS) is 18.8. The van der Waals surface area contributed by atoms with E-state index < -0.39 is 10.0 Å². The van der Waals surface area contributed by atoms with Crippen LogP contribution in [-0.4, -0.2) is 19.0 Å². The van der Waals surface area contributed by atoms with Crippen molar-refractivity contribution in [3.8, 4) is 0 Å². The van der Waals surface area contributed by atoms with E-state index in [1.807, 2.05) is 7.05 Å². The quantitative estimate of drug-likeness (QED) is 0.844. The van der Waals surface area contributed by atoms with Gasteiger partial charge in [-0.15, -0.1) is 0 Å². The molecule has 0 radical (unpaired) electrons. The number of rotatable bonds is 6. The van der Waals surface area contributed by atoms with Gasteiger partial charge in [0.25, 0.3) is 0 Å². The molecule has 1 aliphatic carbocycles. The van der Waals surface area contributed by atoms with Crippen LogP contribution in [0.2, 0.25) is 0 Å². The highest BCUT2D eigenvalue weighted by Crippen LogP contribution is 2.28. The summed E-state index contributed by atoms with van der Waals surface area (Å²) in [7, 11) is -1.64. The second-order valence-corrected chi connectivity index (χ2v) is 7.73. The van der Waals surface area contributed by atoms with Gasteiger partial charge in [-0.1, -0.05) is 26.2 Å². The van der Waals surface area contributed by atoms with Crippen LogP contribution in [0.5, 0.6) is 0 Å². The van der Waals surface area contributed by atoms with Crippen LogP contribution in [0, 0.1) is 5.92 Å². The van der Waals surface area contributed by atoms with Crippen molar-refractivity contribution >= 4 is 10.0 Å². The minimum atomic E-state index is -3.46. The Kier molecular flexibility index (Phi) is 5.46. The monoisotopic (exact) mass is 313 g/mol. The Morgan fingerprint density at radius 3 is 2.57 bits per heavy atom. The smallest absolute Gasteiger partial charge is 0.242 e. The summed E-state index contributed by atoms with van der Waals surface area (Å²) in [6.45, 7) is 2.39. The molecule has 0 amide bonds. The lowest BCUT2D eigenvalue weighted by Crippen LogP contribution is -2.40. The third-order valence-corrected chi connectivity index (χ3v) is 6.02. The molecule has 2 rings (SSSR count). The highest BCUT2D eigenvalue weighted by Gasteiger charge is 2.27. The summed E-state index contributed by atoms with van der Waals surface area (Å²) >= 11 is 0. The summed E-state index contributed by atoms with van der Waals surface area (Å²) in [5.41, 5.74) is 6.44. The molecule has 21 heavy (non-hydrogen) atoms. The highest BCUT2D eigenvalue weighted by atomic mass is 32.2. The van der Waals surface area contributed by atoms with Gasteiger partial charge in [0.15, 0.2) is 0 Å². The fourth-order valence-electron chi connectivity index (χ4n) is 3.24. The third-order valence-electron chi connectivity index (χ3n) is 4.57. The molecule has 0 bridgehead atoms. The molecule has 1 saturated carbocycles. The molecule has 1 aromatic heterocycles. The Hall–Kier alpha value is -0.850. The van der Waals surface area contributed by atoms with Crippen molar-refractivity contribution in [1.29, 1.82) is 0 Å². The van der Waals surface area contributed by atoms with Crippen molar-refractivity contribution < 1.29 is 8.42 Å². The second-order valence-electron chi connectivity index (χ2n) is 6.02. The number of hydrogen-bond donors (Lipinski definition) is 2. The Labute approximate surface area is 128 Å². The molecule has 1 unspecified atom stereocenters. The van der Waals surface area contributed by atoms with E-state index in [9.17, 15) is 8.42 Å². The van der Waals surface area contributed by atoms with Crippen LogP contribution in [0.25, 0.3) is 0 Å². The molecule has 1 atom stereocenters. The van der Waals surface area contributed by atoms with Gasteiger partial charge in [-0.3, -0.25) is 0 Å². The molecule has 120 valence electrons. The summed E-state index contributed by atoms with van der Waals surface area (Å²) in [6, 6.07) is 1.70. The van der Waals surface area contributed by atoms with Crippen LogP contribution in [0.15, 0.2) is 17.2 Å². The van der Waals surface area contributed by atoms with Gasteiger partial charge in [0.05, 0.1) is 4.90 Å². The average molecular weight is 313 g/mol. The van der Waals surface area contributed by atoms with Crippen molar-refractivity contribution in [3.05, 3.63) is 18.0 Å². The van der Waals surface area contributed by atoms with Gasteiger partial charge in [0.1, 0.15) is 0 Å². The first-order valence-corrected chi connectivity index (χ1v) is 9.34. The molecule has 1 fully saturated rings. The summed E-state index contributed by atoms with van der Waals surface area (Å²) in [6.07, 6.45) is 8.43. The van der Waals surface area contributed by atoms with Gasteiger partial charge in [0.2, 0.25) is 10.0 Å². The molecule has 5 nitrogen and oxygen atoms in total. The van der Waals surface area contributed by atoms with Crippen LogP contribution in [0.3, 0.4) is 0 Å². The van der Waals surface area contributed by atoms with E-state index in [1.54, 1.807) is 16.8 Å². The number of sulfonamides is 1. The highest BCUT2D eigenvalue weighted by molar-refractivity contribution is 7.89. The fraction of sp³-hybridized carbons (Fsp3) is 0.733. The predicted octanol–water partition coefficient (Wildman–Crippen LogP) is 2.12. The fourth-order valence-corrected chi connectivity index (χ4v) is 4.73. The van der Waals surface area contributed by atoms with Crippen LogP contribution in [0.1, 0.15) is 51.1 Å².